The summed E-state index contributed by atoms with van der Waals surface area (Å²) in [6.45, 7) is 12.1. The van der Waals surface area contributed by atoms with Crippen LogP contribution in [0, 0.1) is 5.92 Å². The minimum Gasteiger partial charge on any atom is -0.444 e. The van der Waals surface area contributed by atoms with Gasteiger partial charge in [0.05, 0.1) is 0 Å². The lowest BCUT2D eigenvalue weighted by Gasteiger charge is -2.43. The third kappa shape index (κ3) is 5.24. The number of alkyl carbamates (subject to hydrolysis) is 1. The normalized spacial score (nSPS) is 25.9. The molecule has 1 saturated heterocycles. The summed E-state index contributed by atoms with van der Waals surface area (Å²) < 4.78 is 5.38. The van der Waals surface area contributed by atoms with Crippen LogP contribution in [-0.2, 0) is 11.3 Å². The van der Waals surface area contributed by atoms with E-state index < -0.39 is 5.60 Å². The number of hydrogen-bond donors (Lipinski definition) is 1. The molecule has 1 N–H and O–H groups in total. The number of nitrogens with zero attached hydrogens (tertiary/aromatic N) is 1. The number of piperidine rings is 1. The molecule has 2 rings (SSSR count). The highest BCUT2D eigenvalue weighted by atomic mass is 16.6. The van der Waals surface area contributed by atoms with E-state index in [0.717, 1.165) is 19.5 Å². The van der Waals surface area contributed by atoms with Crippen LogP contribution in [0.5, 0.6) is 0 Å². The van der Waals surface area contributed by atoms with Gasteiger partial charge in [-0.15, -0.1) is 0 Å². The van der Waals surface area contributed by atoms with Crippen LogP contribution in [0.3, 0.4) is 0 Å². The Morgan fingerprint density at radius 3 is 2.52 bits per heavy atom. The second-order valence-electron chi connectivity index (χ2n) is 7.60. The van der Waals surface area contributed by atoms with Gasteiger partial charge in [-0.25, -0.2) is 4.79 Å². The fourth-order valence-electron chi connectivity index (χ4n) is 3.14. The van der Waals surface area contributed by atoms with Gasteiger partial charge in [0.25, 0.3) is 0 Å². The molecule has 23 heavy (non-hydrogen) atoms. The maximum atomic E-state index is 12.0. The molecule has 1 heterocycles. The van der Waals surface area contributed by atoms with Crippen molar-refractivity contribution < 1.29 is 9.53 Å². The molecule has 1 aromatic carbocycles. The lowest BCUT2D eigenvalue weighted by Crippen LogP contribution is -2.54. The topological polar surface area (TPSA) is 41.6 Å². The van der Waals surface area contributed by atoms with Crippen LogP contribution in [0.1, 0.15) is 46.6 Å². The van der Waals surface area contributed by atoms with Crippen LogP contribution in [0.4, 0.5) is 4.79 Å². The van der Waals surface area contributed by atoms with Crippen molar-refractivity contribution in [2.75, 3.05) is 6.54 Å². The molecule has 0 aliphatic carbocycles. The molecule has 1 aliphatic rings. The van der Waals surface area contributed by atoms with Crippen LogP contribution in [0.2, 0.25) is 0 Å². The van der Waals surface area contributed by atoms with E-state index in [0.29, 0.717) is 12.0 Å². The second kappa shape index (κ2) is 7.35. The Labute approximate surface area is 140 Å². The second-order valence-corrected chi connectivity index (χ2v) is 7.60. The zero-order valence-electron chi connectivity index (χ0n) is 15.0. The van der Waals surface area contributed by atoms with Crippen molar-refractivity contribution in [3.05, 3.63) is 35.9 Å². The zero-order valence-corrected chi connectivity index (χ0v) is 15.0. The number of carbonyl (C=O) groups is 1. The molecule has 1 fully saturated rings. The number of likely N-dealkylation sites (tertiary alicyclic amines) is 1. The lowest BCUT2D eigenvalue weighted by molar-refractivity contribution is 0.0362. The first-order valence-corrected chi connectivity index (χ1v) is 8.54. The summed E-state index contributed by atoms with van der Waals surface area (Å²) in [6, 6.07) is 11.1. The SMILES string of the molecule is C[C@@H]1[C@H](NC(=O)OC(C)(C)C)CCN(Cc2ccccc2)[C@H]1C. The quantitative estimate of drug-likeness (QED) is 0.921. The van der Waals surface area contributed by atoms with Gasteiger partial charge in [0.2, 0.25) is 0 Å². The molecule has 1 amide bonds. The maximum absolute atomic E-state index is 12.0. The molecular weight excluding hydrogens is 288 g/mol. The first kappa shape index (κ1) is 17.8. The Hall–Kier alpha value is -1.55. The molecule has 0 aromatic heterocycles. The zero-order chi connectivity index (χ0) is 17.0. The number of hydrogen-bond acceptors (Lipinski definition) is 3. The maximum Gasteiger partial charge on any atom is 0.407 e. The molecule has 128 valence electrons. The summed E-state index contributed by atoms with van der Waals surface area (Å²) in [5.41, 5.74) is 0.887. The van der Waals surface area contributed by atoms with Crippen LogP contribution in [-0.4, -0.2) is 35.2 Å². The molecule has 4 heteroatoms. The van der Waals surface area contributed by atoms with Gasteiger partial charge < -0.3 is 10.1 Å². The summed E-state index contributed by atoms with van der Waals surface area (Å²) in [5, 5.41) is 3.05. The highest BCUT2D eigenvalue weighted by molar-refractivity contribution is 5.68. The molecule has 1 aromatic rings. The first-order chi connectivity index (χ1) is 10.8. The highest BCUT2D eigenvalue weighted by Gasteiger charge is 2.34. The third-order valence-electron chi connectivity index (χ3n) is 4.63. The first-order valence-electron chi connectivity index (χ1n) is 8.54. The monoisotopic (exact) mass is 318 g/mol. The Morgan fingerprint density at radius 2 is 1.91 bits per heavy atom. The van der Waals surface area contributed by atoms with Crippen molar-refractivity contribution in [2.45, 2.75) is 65.3 Å². The van der Waals surface area contributed by atoms with Crippen LogP contribution in [0.15, 0.2) is 30.3 Å². The van der Waals surface area contributed by atoms with Crippen molar-refractivity contribution in [1.29, 1.82) is 0 Å². The number of carbonyl (C=O) groups excluding carboxylic acids is 1. The summed E-state index contributed by atoms with van der Waals surface area (Å²) >= 11 is 0. The fourth-order valence-corrected chi connectivity index (χ4v) is 3.14. The van der Waals surface area contributed by atoms with Crippen molar-refractivity contribution in [1.82, 2.24) is 10.2 Å². The van der Waals surface area contributed by atoms with Gasteiger partial charge >= 0.3 is 6.09 Å². The third-order valence-corrected chi connectivity index (χ3v) is 4.63. The minimum absolute atomic E-state index is 0.173. The summed E-state index contributed by atoms with van der Waals surface area (Å²) in [4.78, 5) is 14.5. The van der Waals surface area contributed by atoms with Crippen LogP contribution in [0.25, 0.3) is 0 Å². The molecule has 3 atom stereocenters. The Bertz CT molecular complexity index is 510. The summed E-state index contributed by atoms with van der Waals surface area (Å²) in [7, 11) is 0. The molecule has 0 unspecified atom stereocenters. The van der Waals surface area contributed by atoms with E-state index in [9.17, 15) is 4.79 Å². The molecule has 0 bridgehead atoms. The summed E-state index contributed by atoms with van der Waals surface area (Å²) in [5.74, 6) is 0.389. The average Bonchev–Trinajstić information content (AvgIpc) is 2.46. The van der Waals surface area contributed by atoms with E-state index >= 15 is 0 Å². The van der Waals surface area contributed by atoms with Gasteiger partial charge in [-0.1, -0.05) is 37.3 Å². The van der Waals surface area contributed by atoms with Crippen molar-refractivity contribution in [3.63, 3.8) is 0 Å². The Balaban J connectivity index is 1.90. The van der Waals surface area contributed by atoms with E-state index in [1.165, 1.54) is 5.56 Å². The molecule has 0 spiro atoms. The van der Waals surface area contributed by atoms with Crippen molar-refractivity contribution in [3.8, 4) is 0 Å². The van der Waals surface area contributed by atoms with Crippen LogP contribution >= 0.6 is 0 Å². The summed E-state index contributed by atoms with van der Waals surface area (Å²) in [6.07, 6.45) is 0.649. The fraction of sp³-hybridized carbons (Fsp3) is 0.632. The van der Waals surface area contributed by atoms with E-state index in [2.05, 4.69) is 48.3 Å². The van der Waals surface area contributed by atoms with Crippen LogP contribution < -0.4 is 5.32 Å². The number of benzene rings is 1. The molecule has 0 radical (unpaired) electrons. The Kier molecular flexibility index (Phi) is 5.69. The number of ether oxygens (including phenoxy) is 1. The average molecular weight is 318 g/mol. The van der Waals surface area contributed by atoms with Gasteiger partial charge in [0.15, 0.2) is 0 Å². The molecule has 4 nitrogen and oxygen atoms in total. The van der Waals surface area contributed by atoms with Crippen molar-refractivity contribution >= 4 is 6.09 Å². The van der Waals surface area contributed by atoms with Gasteiger partial charge in [0.1, 0.15) is 5.60 Å². The highest BCUT2D eigenvalue weighted by Crippen LogP contribution is 2.25. The molecular formula is C19H30N2O2. The Morgan fingerprint density at radius 1 is 1.26 bits per heavy atom. The van der Waals surface area contributed by atoms with E-state index in [4.69, 9.17) is 4.74 Å². The number of rotatable bonds is 3. The lowest BCUT2D eigenvalue weighted by atomic mass is 9.87. The predicted octanol–water partition coefficient (Wildman–Crippen LogP) is 3.81. The van der Waals surface area contributed by atoms with Gasteiger partial charge in [0, 0.05) is 25.2 Å². The predicted molar refractivity (Wildman–Crippen MR) is 93.3 cm³/mol. The van der Waals surface area contributed by atoms with E-state index in [-0.39, 0.29) is 12.1 Å². The smallest absolute Gasteiger partial charge is 0.407 e. The van der Waals surface area contributed by atoms with E-state index in [1.807, 2.05) is 26.8 Å². The molecule has 1 aliphatic heterocycles. The van der Waals surface area contributed by atoms with Crippen molar-refractivity contribution in [2.24, 2.45) is 5.92 Å². The van der Waals surface area contributed by atoms with Gasteiger partial charge in [-0.2, -0.15) is 0 Å². The largest absolute Gasteiger partial charge is 0.444 e. The standard InChI is InChI=1S/C19H30N2O2/c1-14-15(2)21(13-16-9-7-6-8-10-16)12-11-17(14)20-18(22)23-19(3,4)5/h6-10,14-15,17H,11-13H2,1-5H3,(H,20,22)/t14-,15-,17+/m0/s1. The van der Waals surface area contributed by atoms with Gasteiger partial charge in [-0.3, -0.25) is 4.90 Å². The number of nitrogens with one attached hydrogen (secondary N) is 1. The molecule has 0 saturated carbocycles. The number of amides is 1. The minimum atomic E-state index is -0.451. The van der Waals surface area contributed by atoms with E-state index in [1.54, 1.807) is 0 Å². The van der Waals surface area contributed by atoms with Gasteiger partial charge in [-0.05, 0) is 45.6 Å².